The van der Waals surface area contributed by atoms with Crippen LogP contribution in [0.1, 0.15) is 35.9 Å². The van der Waals surface area contributed by atoms with E-state index in [1.165, 1.54) is 22.4 Å². The molecule has 0 amide bonds. The Kier molecular flexibility index (Phi) is 4.13. The Balaban J connectivity index is 1.53. The average Bonchev–Trinajstić information content (AvgIpc) is 2.87. The van der Waals surface area contributed by atoms with Crippen LogP contribution in [0.4, 0.5) is 0 Å². The van der Waals surface area contributed by atoms with Crippen LogP contribution in [-0.4, -0.2) is 0 Å². The van der Waals surface area contributed by atoms with Gasteiger partial charge in [-0.1, -0.05) is 30.3 Å². The number of rotatable bonds is 0. The van der Waals surface area contributed by atoms with Crippen molar-refractivity contribution in [3.8, 4) is 11.3 Å². The lowest BCUT2D eigenvalue weighted by Crippen LogP contribution is -2.48. The molecule has 0 saturated heterocycles. The van der Waals surface area contributed by atoms with Gasteiger partial charge in [0.25, 0.3) is 0 Å². The molecule has 4 heteroatoms. The Morgan fingerprint density at radius 2 is 1.79 bits per heavy atom. The Bertz CT molecular complexity index is 1700. The minimum atomic E-state index is -0.278. The molecule has 2 aliphatic heterocycles. The van der Waals surface area contributed by atoms with Crippen molar-refractivity contribution in [2.24, 2.45) is 0 Å². The topological polar surface area (TPSA) is 38.0 Å². The highest BCUT2D eigenvalue weighted by molar-refractivity contribution is 6.02. The lowest BCUT2D eigenvalue weighted by molar-refractivity contribution is -0.705. The number of fused-ring (bicyclic) bond motifs is 6. The van der Waals surface area contributed by atoms with Gasteiger partial charge in [0, 0.05) is 29.7 Å². The highest BCUT2D eigenvalue weighted by Gasteiger charge is 2.42. The van der Waals surface area contributed by atoms with Crippen LogP contribution in [0.25, 0.3) is 38.8 Å². The molecule has 0 N–H and O–H groups in total. The molecule has 3 aromatic heterocycles. The number of allylic oxidation sites excluding steroid dienone is 1. The molecule has 4 nitrogen and oxygen atoms in total. The summed E-state index contributed by atoms with van der Waals surface area (Å²) in [4.78, 5) is 12.8. The van der Waals surface area contributed by atoms with Gasteiger partial charge in [0.2, 0.25) is 11.2 Å². The summed E-state index contributed by atoms with van der Waals surface area (Å²) in [6.45, 7) is 4.55. The van der Waals surface area contributed by atoms with Crippen LogP contribution in [0, 0.1) is 0 Å². The Labute approximate surface area is 197 Å². The first kappa shape index (κ1) is 19.4. The van der Waals surface area contributed by atoms with Crippen molar-refractivity contribution in [2.75, 3.05) is 0 Å². The van der Waals surface area contributed by atoms with Crippen LogP contribution in [0.3, 0.4) is 0 Å². The van der Waals surface area contributed by atoms with E-state index in [9.17, 15) is 4.79 Å². The quantitative estimate of drug-likeness (QED) is 0.184. The average molecular weight is 445 g/mol. The van der Waals surface area contributed by atoms with Gasteiger partial charge in [0.1, 0.15) is 11.0 Å². The van der Waals surface area contributed by atoms with E-state index in [1.54, 1.807) is 0 Å². The fraction of sp³-hybridized carbons (Fsp3) is 0.167. The standard InChI is InChI=1S/C30H24N2O2/c1-19-18-26-22(15-14-20-8-2-3-9-21(20)25-12-4-5-16-31(19)25)23-10-6-13-27-28(23)29-24(30(33)34-27)11-7-17-32(26)29/h2-13,16-17,22,26H,1,14-15,18H2/q+2. The Morgan fingerprint density at radius 3 is 2.74 bits per heavy atom. The van der Waals surface area contributed by atoms with E-state index in [0.29, 0.717) is 11.0 Å². The largest absolute Gasteiger partial charge is 0.422 e. The minimum absolute atomic E-state index is 0.155. The molecule has 0 spiro atoms. The van der Waals surface area contributed by atoms with E-state index < -0.39 is 0 Å². The summed E-state index contributed by atoms with van der Waals surface area (Å²) in [5.74, 6) is 0.273. The van der Waals surface area contributed by atoms with Gasteiger partial charge in [0.15, 0.2) is 24.1 Å². The monoisotopic (exact) mass is 444 g/mol. The maximum absolute atomic E-state index is 12.8. The van der Waals surface area contributed by atoms with E-state index in [4.69, 9.17) is 4.42 Å². The molecule has 0 fully saturated rings. The lowest BCUT2D eigenvalue weighted by Gasteiger charge is -2.29. The number of aryl methyl sites for hydroxylation is 1. The molecule has 0 saturated carbocycles. The Hall–Kier alpha value is -4.05. The molecule has 164 valence electrons. The minimum Gasteiger partial charge on any atom is -0.422 e. The van der Waals surface area contributed by atoms with E-state index in [0.717, 1.165) is 35.9 Å². The van der Waals surface area contributed by atoms with Gasteiger partial charge in [-0.25, -0.2) is 4.79 Å². The van der Waals surface area contributed by atoms with Crippen LogP contribution < -0.4 is 14.8 Å². The van der Waals surface area contributed by atoms with E-state index in [-0.39, 0.29) is 17.6 Å². The van der Waals surface area contributed by atoms with Gasteiger partial charge in [-0.15, -0.1) is 0 Å². The van der Waals surface area contributed by atoms with Crippen molar-refractivity contribution in [2.45, 2.75) is 31.2 Å². The number of aromatic nitrogens is 2. The molecule has 5 heterocycles. The SMILES string of the molecule is C=C1CC2C(CCc3ccccc3-c3cccc[n+]31)c1cccc3oc(=O)c4ccc[n+]2c4c13. The van der Waals surface area contributed by atoms with Gasteiger partial charge in [-0.3, -0.25) is 0 Å². The van der Waals surface area contributed by atoms with Crippen LogP contribution in [0.2, 0.25) is 0 Å². The number of hydrogen-bond acceptors (Lipinski definition) is 2. The maximum atomic E-state index is 12.8. The van der Waals surface area contributed by atoms with Gasteiger partial charge >= 0.3 is 5.63 Å². The third-order valence-electron chi connectivity index (χ3n) is 7.63. The summed E-state index contributed by atoms with van der Waals surface area (Å²) in [6.07, 6.45) is 7.00. The van der Waals surface area contributed by atoms with E-state index >= 15 is 0 Å². The lowest BCUT2D eigenvalue weighted by atomic mass is 9.79. The third kappa shape index (κ3) is 2.69. The second kappa shape index (κ2) is 7.22. The molecule has 2 aliphatic rings. The molecule has 2 unspecified atom stereocenters. The molecule has 2 atom stereocenters. The molecule has 5 aromatic rings. The molecule has 2 aromatic carbocycles. The number of hydrogen-bond donors (Lipinski definition) is 0. The number of benzene rings is 2. The normalized spacial score (nSPS) is 19.0. The zero-order valence-corrected chi connectivity index (χ0v) is 18.8. The first-order valence-corrected chi connectivity index (χ1v) is 11.9. The highest BCUT2D eigenvalue weighted by atomic mass is 16.4. The molecule has 0 aliphatic carbocycles. The van der Waals surface area contributed by atoms with Crippen molar-refractivity contribution < 1.29 is 13.6 Å². The molecule has 7 rings (SSSR count). The fourth-order valence-corrected chi connectivity index (χ4v) is 6.15. The van der Waals surface area contributed by atoms with E-state index in [1.807, 2.05) is 24.3 Å². The van der Waals surface area contributed by atoms with Crippen LogP contribution >= 0.6 is 0 Å². The summed E-state index contributed by atoms with van der Waals surface area (Å²) >= 11 is 0. The molecular weight excluding hydrogens is 420 g/mol. The predicted octanol–water partition coefficient (Wildman–Crippen LogP) is 5.33. The third-order valence-corrected chi connectivity index (χ3v) is 7.63. The van der Waals surface area contributed by atoms with Gasteiger partial charge in [0.05, 0.1) is 11.8 Å². The van der Waals surface area contributed by atoms with Crippen molar-refractivity contribution in [3.63, 3.8) is 0 Å². The first-order chi connectivity index (χ1) is 16.7. The highest BCUT2D eigenvalue weighted by Crippen LogP contribution is 2.43. The summed E-state index contributed by atoms with van der Waals surface area (Å²) in [5.41, 5.74) is 7.47. The zero-order valence-electron chi connectivity index (χ0n) is 18.8. The van der Waals surface area contributed by atoms with Gasteiger partial charge in [-0.2, -0.15) is 9.13 Å². The number of nitrogens with zero attached hydrogens (tertiary/aromatic N) is 2. The second-order valence-corrected chi connectivity index (χ2v) is 9.38. The smallest absolute Gasteiger partial charge is 0.350 e. The Morgan fingerprint density at radius 1 is 0.912 bits per heavy atom. The second-order valence-electron chi connectivity index (χ2n) is 9.38. The fourth-order valence-electron chi connectivity index (χ4n) is 6.15. The molecular formula is C30H24N2O2+2. The van der Waals surface area contributed by atoms with Gasteiger partial charge in [-0.05, 0) is 54.8 Å². The summed E-state index contributed by atoms with van der Waals surface area (Å²) in [5, 5.41) is 1.71. The summed E-state index contributed by atoms with van der Waals surface area (Å²) in [7, 11) is 0. The summed E-state index contributed by atoms with van der Waals surface area (Å²) < 4.78 is 10.3. The van der Waals surface area contributed by atoms with Crippen LogP contribution in [0.15, 0.2) is 101 Å². The molecule has 0 radical (unpaired) electrons. The predicted molar refractivity (Wildman–Crippen MR) is 132 cm³/mol. The number of pyridine rings is 2. The molecule has 0 bridgehead atoms. The van der Waals surface area contributed by atoms with Crippen molar-refractivity contribution >= 4 is 27.6 Å². The van der Waals surface area contributed by atoms with Crippen molar-refractivity contribution in [1.82, 2.24) is 0 Å². The van der Waals surface area contributed by atoms with E-state index in [2.05, 4.69) is 76.6 Å². The van der Waals surface area contributed by atoms with Crippen LogP contribution in [-0.2, 0) is 6.42 Å². The van der Waals surface area contributed by atoms with Gasteiger partial charge < -0.3 is 4.42 Å². The first-order valence-electron chi connectivity index (χ1n) is 11.9. The van der Waals surface area contributed by atoms with Crippen molar-refractivity contribution in [3.05, 3.63) is 113 Å². The van der Waals surface area contributed by atoms with Crippen molar-refractivity contribution in [1.29, 1.82) is 0 Å². The zero-order chi connectivity index (χ0) is 22.8. The molecule has 34 heavy (non-hydrogen) atoms. The van der Waals surface area contributed by atoms with Crippen LogP contribution in [0.5, 0.6) is 0 Å². The summed E-state index contributed by atoms with van der Waals surface area (Å²) in [6, 6.07) is 25.2. The maximum Gasteiger partial charge on any atom is 0.350 e.